The fraction of sp³-hybridized carbons (Fsp3) is 0.150. The van der Waals surface area contributed by atoms with Gasteiger partial charge < -0.3 is 10.1 Å². The predicted octanol–water partition coefficient (Wildman–Crippen LogP) is 3.41. The fourth-order valence-corrected chi connectivity index (χ4v) is 4.05. The van der Waals surface area contributed by atoms with Gasteiger partial charge in [-0.1, -0.05) is 0 Å². The van der Waals surface area contributed by atoms with Crippen LogP contribution in [0.2, 0.25) is 0 Å². The second kappa shape index (κ2) is 10.1. The molecule has 1 aromatic heterocycles. The number of ether oxygens (including phenoxy) is 1. The summed E-state index contributed by atoms with van der Waals surface area (Å²) in [5.74, 6) is 0.803. The fourth-order valence-electron chi connectivity index (χ4n) is 2.39. The summed E-state index contributed by atoms with van der Waals surface area (Å²) in [5, 5.41) is 2.75. The number of amides is 1. The van der Waals surface area contributed by atoms with E-state index in [0.717, 1.165) is 10.6 Å². The van der Waals surface area contributed by atoms with Gasteiger partial charge in [-0.15, -0.1) is 11.8 Å². The normalized spacial score (nSPS) is 11.0. The van der Waals surface area contributed by atoms with Crippen LogP contribution in [-0.4, -0.2) is 36.7 Å². The van der Waals surface area contributed by atoms with Crippen LogP contribution in [0, 0.1) is 0 Å². The van der Waals surface area contributed by atoms with E-state index in [1.807, 2.05) is 31.2 Å². The molecule has 0 atom stereocenters. The monoisotopic (exact) mass is 444 g/mol. The van der Waals surface area contributed by atoms with Crippen LogP contribution in [-0.2, 0) is 14.8 Å². The molecule has 2 aromatic carbocycles. The summed E-state index contributed by atoms with van der Waals surface area (Å²) >= 11 is 1.40. The van der Waals surface area contributed by atoms with E-state index in [1.165, 1.54) is 48.4 Å². The molecule has 0 spiro atoms. The number of thioether (sulfide) groups is 1. The number of nitrogens with one attached hydrogen (secondary N) is 2. The SMILES string of the molecule is CCOc1ccc(SCC(=O)Nc2ccc(S(=O)(=O)Nc3ncccn3)cc2)cc1. The Hall–Kier alpha value is -3.11. The van der Waals surface area contributed by atoms with Gasteiger partial charge in [0.05, 0.1) is 17.3 Å². The molecular formula is C20H20N4O4S2. The number of nitrogens with zero attached hydrogens (tertiary/aromatic N) is 2. The molecule has 1 amide bonds. The van der Waals surface area contributed by atoms with Crippen molar-refractivity contribution < 1.29 is 17.9 Å². The van der Waals surface area contributed by atoms with Crippen molar-refractivity contribution in [3.05, 3.63) is 67.0 Å². The molecule has 3 aromatic rings. The summed E-state index contributed by atoms with van der Waals surface area (Å²) in [6.45, 7) is 2.52. The van der Waals surface area contributed by atoms with Gasteiger partial charge in [-0.3, -0.25) is 4.79 Å². The second-order valence-corrected chi connectivity index (χ2v) is 8.67. The first-order valence-corrected chi connectivity index (χ1v) is 11.5. The lowest BCUT2D eigenvalue weighted by Gasteiger charge is -2.09. The molecule has 10 heteroatoms. The molecule has 0 aliphatic carbocycles. The minimum absolute atomic E-state index is 0.0128. The highest BCUT2D eigenvalue weighted by atomic mass is 32.2. The van der Waals surface area contributed by atoms with Crippen molar-refractivity contribution in [1.82, 2.24) is 9.97 Å². The molecule has 2 N–H and O–H groups in total. The van der Waals surface area contributed by atoms with Gasteiger partial charge in [0.1, 0.15) is 5.75 Å². The molecule has 0 bridgehead atoms. The summed E-state index contributed by atoms with van der Waals surface area (Å²) in [4.78, 5) is 20.8. The highest BCUT2D eigenvalue weighted by Gasteiger charge is 2.15. The number of carbonyl (C=O) groups excluding carboxylic acids is 1. The number of hydrogen-bond donors (Lipinski definition) is 2. The van der Waals surface area contributed by atoms with Crippen molar-refractivity contribution in [3.8, 4) is 5.75 Å². The highest BCUT2D eigenvalue weighted by Crippen LogP contribution is 2.22. The van der Waals surface area contributed by atoms with Gasteiger partial charge >= 0.3 is 0 Å². The Morgan fingerprint density at radius 2 is 1.70 bits per heavy atom. The van der Waals surface area contributed by atoms with Gasteiger partial charge in [-0.25, -0.2) is 23.1 Å². The van der Waals surface area contributed by atoms with Crippen molar-refractivity contribution in [3.63, 3.8) is 0 Å². The largest absolute Gasteiger partial charge is 0.494 e. The zero-order chi connectivity index (χ0) is 21.4. The first-order valence-electron chi connectivity index (χ1n) is 9.01. The molecule has 0 saturated carbocycles. The van der Waals surface area contributed by atoms with Gasteiger partial charge in [0.15, 0.2) is 0 Å². The number of sulfonamides is 1. The van der Waals surface area contributed by atoms with Crippen LogP contribution < -0.4 is 14.8 Å². The first-order chi connectivity index (χ1) is 14.5. The van der Waals surface area contributed by atoms with Gasteiger partial charge in [0.25, 0.3) is 10.0 Å². The van der Waals surface area contributed by atoms with Crippen molar-refractivity contribution in [2.75, 3.05) is 22.4 Å². The lowest BCUT2D eigenvalue weighted by molar-refractivity contribution is -0.113. The van der Waals surface area contributed by atoms with Crippen molar-refractivity contribution in [1.29, 1.82) is 0 Å². The van der Waals surface area contributed by atoms with Crippen LogP contribution in [0.15, 0.2) is 76.8 Å². The third-order valence-corrected chi connectivity index (χ3v) is 6.10. The number of benzene rings is 2. The number of hydrogen-bond acceptors (Lipinski definition) is 7. The molecule has 1 heterocycles. The average Bonchev–Trinajstić information content (AvgIpc) is 2.74. The van der Waals surface area contributed by atoms with E-state index in [-0.39, 0.29) is 22.5 Å². The Kier molecular flexibility index (Phi) is 7.26. The third-order valence-electron chi connectivity index (χ3n) is 3.74. The lowest BCUT2D eigenvalue weighted by atomic mass is 10.3. The zero-order valence-corrected chi connectivity index (χ0v) is 17.7. The molecule has 8 nitrogen and oxygen atoms in total. The van der Waals surface area contributed by atoms with Gasteiger partial charge in [0.2, 0.25) is 11.9 Å². The number of anilines is 2. The summed E-state index contributed by atoms with van der Waals surface area (Å²) in [5.41, 5.74) is 0.502. The van der Waals surface area contributed by atoms with E-state index in [0.29, 0.717) is 12.3 Å². The van der Waals surface area contributed by atoms with E-state index >= 15 is 0 Å². The van der Waals surface area contributed by atoms with Crippen LogP contribution in [0.1, 0.15) is 6.92 Å². The van der Waals surface area contributed by atoms with Crippen molar-refractivity contribution in [2.24, 2.45) is 0 Å². The number of carbonyl (C=O) groups is 1. The molecular weight excluding hydrogens is 424 g/mol. The Labute approximate surface area is 179 Å². The molecule has 156 valence electrons. The lowest BCUT2D eigenvalue weighted by Crippen LogP contribution is -2.16. The Balaban J connectivity index is 1.54. The van der Waals surface area contributed by atoms with Crippen molar-refractivity contribution >= 4 is 39.3 Å². The first kappa shape index (κ1) is 21.6. The molecule has 0 aliphatic heterocycles. The Morgan fingerprint density at radius 1 is 1.03 bits per heavy atom. The Morgan fingerprint density at radius 3 is 2.33 bits per heavy atom. The highest BCUT2D eigenvalue weighted by molar-refractivity contribution is 8.00. The van der Waals surface area contributed by atoms with Gasteiger partial charge in [-0.2, -0.15) is 0 Å². The summed E-state index contributed by atoms with van der Waals surface area (Å²) in [6, 6.07) is 15.0. The molecule has 0 aliphatic rings. The quantitative estimate of drug-likeness (QED) is 0.487. The topological polar surface area (TPSA) is 110 Å². The van der Waals surface area contributed by atoms with Crippen molar-refractivity contribution in [2.45, 2.75) is 16.7 Å². The number of aromatic nitrogens is 2. The van der Waals surface area contributed by atoms with Gasteiger partial charge in [0, 0.05) is 23.0 Å². The van der Waals surface area contributed by atoms with Crippen LogP contribution in [0.3, 0.4) is 0 Å². The maximum absolute atomic E-state index is 12.4. The molecule has 3 rings (SSSR count). The zero-order valence-electron chi connectivity index (χ0n) is 16.1. The minimum Gasteiger partial charge on any atom is -0.494 e. The molecule has 0 radical (unpaired) electrons. The summed E-state index contributed by atoms with van der Waals surface area (Å²) < 4.78 is 32.4. The smallest absolute Gasteiger partial charge is 0.264 e. The van der Waals surface area contributed by atoms with Gasteiger partial charge in [-0.05, 0) is 61.5 Å². The van der Waals surface area contributed by atoms with E-state index < -0.39 is 10.0 Å². The van der Waals surface area contributed by atoms with Crippen LogP contribution in [0.4, 0.5) is 11.6 Å². The standard InChI is InChI=1S/C20H20N4O4S2/c1-2-28-16-6-8-17(9-7-16)29-14-19(25)23-15-4-10-18(11-5-15)30(26,27)24-20-21-12-3-13-22-20/h3-13H,2,14H2,1H3,(H,23,25)(H,21,22,24). The van der Waals surface area contributed by atoms with Crippen LogP contribution in [0.5, 0.6) is 5.75 Å². The van der Waals surface area contributed by atoms with E-state index in [9.17, 15) is 13.2 Å². The molecule has 0 saturated heterocycles. The second-order valence-electron chi connectivity index (χ2n) is 5.94. The maximum Gasteiger partial charge on any atom is 0.264 e. The van der Waals surface area contributed by atoms with Crippen LogP contribution in [0.25, 0.3) is 0 Å². The predicted molar refractivity (Wildman–Crippen MR) is 116 cm³/mol. The van der Waals surface area contributed by atoms with Crippen LogP contribution >= 0.6 is 11.8 Å². The third kappa shape index (κ3) is 6.19. The van der Waals surface area contributed by atoms with E-state index in [4.69, 9.17) is 4.74 Å². The average molecular weight is 445 g/mol. The minimum atomic E-state index is -3.81. The molecule has 0 unspecified atom stereocenters. The Bertz CT molecular complexity index is 1070. The summed E-state index contributed by atoms with van der Waals surface area (Å²) in [6.07, 6.45) is 2.88. The molecule has 0 fully saturated rings. The summed E-state index contributed by atoms with van der Waals surface area (Å²) in [7, 11) is -3.81. The van der Waals surface area contributed by atoms with E-state index in [1.54, 1.807) is 6.07 Å². The maximum atomic E-state index is 12.4. The van der Waals surface area contributed by atoms with E-state index in [2.05, 4.69) is 20.0 Å². The molecule has 30 heavy (non-hydrogen) atoms. The number of rotatable bonds is 9.